The molecule has 214 valence electrons. The molecule has 0 aromatic heterocycles. The topological polar surface area (TPSA) is 46.5 Å². The standard InChI is InChI=1S/C34H60O3/c1-8-9-10-11-12-13-14-15-16-17-18-19-20-21-22-23-24-37-31(35)27-28-25-29(33(2,3)4)32(36)30(26-28)34(5,6)7/h25-26,36H,8-24,27H2,1-7H3. The number of phenols is 1. The Morgan fingerprint density at radius 2 is 1.00 bits per heavy atom. The molecule has 0 heterocycles. The van der Waals surface area contributed by atoms with Crippen LogP contribution in [0.15, 0.2) is 12.1 Å². The molecule has 0 amide bonds. The molecule has 1 aromatic rings. The summed E-state index contributed by atoms with van der Waals surface area (Å²) >= 11 is 0. The molecule has 0 radical (unpaired) electrons. The Morgan fingerprint density at radius 3 is 1.35 bits per heavy atom. The number of hydrogen-bond donors (Lipinski definition) is 1. The van der Waals surface area contributed by atoms with E-state index in [1.807, 2.05) is 12.1 Å². The van der Waals surface area contributed by atoms with E-state index < -0.39 is 0 Å². The minimum absolute atomic E-state index is 0.175. The van der Waals surface area contributed by atoms with Crippen molar-refractivity contribution in [2.45, 2.75) is 168 Å². The van der Waals surface area contributed by atoms with Gasteiger partial charge in [-0.2, -0.15) is 0 Å². The van der Waals surface area contributed by atoms with E-state index in [1.165, 1.54) is 89.9 Å². The van der Waals surface area contributed by atoms with Gasteiger partial charge in [0, 0.05) is 0 Å². The summed E-state index contributed by atoms with van der Waals surface area (Å²) in [4.78, 5) is 12.5. The average Bonchev–Trinajstić information content (AvgIpc) is 2.80. The van der Waals surface area contributed by atoms with Gasteiger partial charge in [0.05, 0.1) is 13.0 Å². The quantitative estimate of drug-likeness (QED) is 0.147. The molecular formula is C34H60O3. The second-order valence-electron chi connectivity index (χ2n) is 13.2. The fraction of sp³-hybridized carbons (Fsp3) is 0.794. The Bertz CT molecular complexity index is 716. The summed E-state index contributed by atoms with van der Waals surface area (Å²) in [6, 6.07) is 3.95. The van der Waals surface area contributed by atoms with Crippen molar-refractivity contribution in [2.24, 2.45) is 0 Å². The van der Waals surface area contributed by atoms with Gasteiger partial charge in [-0.15, -0.1) is 0 Å². The Balaban J connectivity index is 2.17. The molecule has 0 fully saturated rings. The third-order valence-electron chi connectivity index (χ3n) is 7.40. The highest BCUT2D eigenvalue weighted by Crippen LogP contribution is 2.39. The number of carbonyl (C=O) groups is 1. The number of phenolic OH excluding ortho intramolecular Hbond substituents is 1. The van der Waals surface area contributed by atoms with Crippen LogP contribution in [0.5, 0.6) is 5.75 Å². The monoisotopic (exact) mass is 516 g/mol. The number of hydrogen-bond acceptors (Lipinski definition) is 3. The summed E-state index contributed by atoms with van der Waals surface area (Å²) in [5.41, 5.74) is 2.31. The van der Waals surface area contributed by atoms with Crippen LogP contribution in [-0.4, -0.2) is 17.7 Å². The van der Waals surface area contributed by atoms with Gasteiger partial charge < -0.3 is 9.84 Å². The molecule has 1 N–H and O–H groups in total. The predicted octanol–water partition coefficient (Wildman–Crippen LogP) is 10.3. The first kappa shape index (κ1) is 33.5. The highest BCUT2D eigenvalue weighted by molar-refractivity contribution is 5.73. The maximum atomic E-state index is 12.5. The van der Waals surface area contributed by atoms with Crippen LogP contribution in [0.4, 0.5) is 0 Å². The molecule has 3 heteroatoms. The van der Waals surface area contributed by atoms with E-state index >= 15 is 0 Å². The van der Waals surface area contributed by atoms with Crippen molar-refractivity contribution in [3.63, 3.8) is 0 Å². The van der Waals surface area contributed by atoms with Crippen LogP contribution in [0.3, 0.4) is 0 Å². The molecule has 0 saturated heterocycles. The van der Waals surface area contributed by atoms with Crippen molar-refractivity contribution < 1.29 is 14.6 Å². The number of unbranched alkanes of at least 4 members (excludes halogenated alkanes) is 15. The Hall–Kier alpha value is -1.51. The van der Waals surface area contributed by atoms with Gasteiger partial charge in [0.15, 0.2) is 0 Å². The summed E-state index contributed by atoms with van der Waals surface area (Å²) in [5, 5.41) is 10.9. The van der Waals surface area contributed by atoms with Gasteiger partial charge >= 0.3 is 5.97 Å². The average molecular weight is 517 g/mol. The van der Waals surface area contributed by atoms with Crippen LogP contribution in [0, 0.1) is 0 Å². The molecule has 0 spiro atoms. The molecule has 0 aliphatic heterocycles. The lowest BCUT2D eigenvalue weighted by molar-refractivity contribution is -0.142. The van der Waals surface area contributed by atoms with Crippen molar-refractivity contribution >= 4 is 5.97 Å². The number of aromatic hydroxyl groups is 1. The third-order valence-corrected chi connectivity index (χ3v) is 7.40. The summed E-state index contributed by atoms with van der Waals surface area (Å²) in [6.45, 7) is 15.3. The molecule has 0 bridgehead atoms. The van der Waals surface area contributed by atoms with Crippen molar-refractivity contribution in [2.75, 3.05) is 6.61 Å². The van der Waals surface area contributed by atoms with E-state index in [-0.39, 0.29) is 23.2 Å². The van der Waals surface area contributed by atoms with E-state index in [2.05, 4.69) is 48.5 Å². The van der Waals surface area contributed by atoms with Crippen molar-refractivity contribution in [3.8, 4) is 5.75 Å². The highest BCUT2D eigenvalue weighted by atomic mass is 16.5. The first-order chi connectivity index (χ1) is 17.5. The van der Waals surface area contributed by atoms with Gasteiger partial charge in [-0.1, -0.05) is 157 Å². The summed E-state index contributed by atoms with van der Waals surface area (Å²) in [7, 11) is 0. The second-order valence-corrected chi connectivity index (χ2v) is 13.2. The van der Waals surface area contributed by atoms with Gasteiger partial charge in [0.25, 0.3) is 0 Å². The number of esters is 1. The van der Waals surface area contributed by atoms with Crippen LogP contribution < -0.4 is 0 Å². The molecule has 1 aromatic carbocycles. The number of carbonyl (C=O) groups excluding carboxylic acids is 1. The number of rotatable bonds is 19. The zero-order chi connectivity index (χ0) is 27.7. The van der Waals surface area contributed by atoms with E-state index in [0.717, 1.165) is 29.5 Å². The van der Waals surface area contributed by atoms with Gasteiger partial charge in [0.1, 0.15) is 5.75 Å². The zero-order valence-corrected chi connectivity index (χ0v) is 25.6. The maximum Gasteiger partial charge on any atom is 0.310 e. The zero-order valence-electron chi connectivity index (χ0n) is 25.6. The highest BCUT2D eigenvalue weighted by Gasteiger charge is 2.27. The van der Waals surface area contributed by atoms with Gasteiger partial charge in [-0.05, 0) is 33.9 Å². The lowest BCUT2D eigenvalue weighted by Gasteiger charge is -2.28. The molecule has 0 aliphatic carbocycles. The Labute approximate surface area is 230 Å². The predicted molar refractivity (Wildman–Crippen MR) is 160 cm³/mol. The van der Waals surface area contributed by atoms with Crippen molar-refractivity contribution in [1.29, 1.82) is 0 Å². The molecule has 0 atom stereocenters. The molecule has 37 heavy (non-hydrogen) atoms. The summed E-state index contributed by atoms with van der Waals surface area (Å²) in [5.74, 6) is 0.177. The van der Waals surface area contributed by atoms with Crippen LogP contribution in [-0.2, 0) is 26.8 Å². The molecule has 0 aliphatic rings. The Kier molecular flexibility index (Phi) is 16.2. The minimum atomic E-state index is -0.197. The van der Waals surface area contributed by atoms with Crippen LogP contribution >= 0.6 is 0 Å². The van der Waals surface area contributed by atoms with Gasteiger partial charge in [0.2, 0.25) is 0 Å². The second kappa shape index (κ2) is 17.9. The number of benzene rings is 1. The van der Waals surface area contributed by atoms with E-state index in [1.54, 1.807) is 0 Å². The van der Waals surface area contributed by atoms with Crippen molar-refractivity contribution in [3.05, 3.63) is 28.8 Å². The van der Waals surface area contributed by atoms with E-state index in [9.17, 15) is 9.90 Å². The fourth-order valence-corrected chi connectivity index (χ4v) is 4.99. The van der Waals surface area contributed by atoms with Crippen LogP contribution in [0.1, 0.15) is 168 Å². The van der Waals surface area contributed by atoms with Crippen LogP contribution in [0.2, 0.25) is 0 Å². The minimum Gasteiger partial charge on any atom is -0.507 e. The SMILES string of the molecule is CCCCCCCCCCCCCCCCCCOC(=O)Cc1cc(C(C)(C)C)c(O)c(C(C)(C)C)c1. The molecule has 0 unspecified atom stereocenters. The molecule has 1 rings (SSSR count). The van der Waals surface area contributed by atoms with E-state index in [0.29, 0.717) is 12.4 Å². The largest absolute Gasteiger partial charge is 0.507 e. The maximum absolute atomic E-state index is 12.5. The Morgan fingerprint density at radius 1 is 0.649 bits per heavy atom. The molecule has 0 saturated carbocycles. The smallest absolute Gasteiger partial charge is 0.310 e. The molecule has 3 nitrogen and oxygen atoms in total. The third kappa shape index (κ3) is 14.9. The van der Waals surface area contributed by atoms with Crippen LogP contribution in [0.25, 0.3) is 0 Å². The fourth-order valence-electron chi connectivity index (χ4n) is 4.99. The van der Waals surface area contributed by atoms with Gasteiger partial charge in [-0.3, -0.25) is 4.79 Å². The van der Waals surface area contributed by atoms with Gasteiger partial charge in [-0.25, -0.2) is 0 Å². The number of ether oxygens (including phenoxy) is 1. The lowest BCUT2D eigenvalue weighted by Crippen LogP contribution is -2.19. The summed E-state index contributed by atoms with van der Waals surface area (Å²) < 4.78 is 5.54. The van der Waals surface area contributed by atoms with Crippen molar-refractivity contribution in [1.82, 2.24) is 0 Å². The van der Waals surface area contributed by atoms with E-state index in [4.69, 9.17) is 4.74 Å². The normalized spacial score (nSPS) is 12.2. The lowest BCUT2D eigenvalue weighted by atomic mass is 9.78. The first-order valence-electron chi connectivity index (χ1n) is 15.5. The molecular weight excluding hydrogens is 456 g/mol. The summed E-state index contributed by atoms with van der Waals surface area (Å²) in [6.07, 6.45) is 21.7. The first-order valence-corrected chi connectivity index (χ1v) is 15.5.